The second-order valence-corrected chi connectivity index (χ2v) is 6.40. The van der Waals surface area contributed by atoms with Crippen molar-refractivity contribution in [2.45, 2.75) is 9.79 Å². The average Bonchev–Trinajstić information content (AvgIpc) is 2.51. The van der Waals surface area contributed by atoms with Crippen molar-refractivity contribution in [2.75, 3.05) is 0 Å². The molecule has 0 amide bonds. The summed E-state index contributed by atoms with van der Waals surface area (Å²) in [5.74, 6) is -0.318. The fourth-order valence-corrected chi connectivity index (χ4v) is 3.34. The highest BCUT2D eigenvalue weighted by Gasteiger charge is 2.30. The molecule has 0 saturated carbocycles. The normalized spacial score (nSPS) is 13.1. The highest BCUT2D eigenvalue weighted by molar-refractivity contribution is 8.21. The van der Waals surface area contributed by atoms with E-state index < -0.39 is 0 Å². The zero-order valence-corrected chi connectivity index (χ0v) is 13.0. The Morgan fingerprint density at radius 3 is 1.45 bits per heavy atom. The number of rotatable bonds is 2. The maximum absolute atomic E-state index is 12.5. The Morgan fingerprint density at radius 1 is 0.650 bits per heavy atom. The van der Waals surface area contributed by atoms with Crippen molar-refractivity contribution < 1.29 is 9.59 Å². The summed E-state index contributed by atoms with van der Waals surface area (Å²) in [4.78, 5) is 26.4. The summed E-state index contributed by atoms with van der Waals surface area (Å²) < 4.78 is 0. The van der Waals surface area contributed by atoms with Gasteiger partial charge in [0.15, 0.2) is 11.6 Å². The van der Waals surface area contributed by atoms with Gasteiger partial charge < -0.3 is 0 Å². The Morgan fingerprint density at radius 2 is 1.05 bits per heavy atom. The van der Waals surface area contributed by atoms with E-state index in [2.05, 4.69) is 0 Å². The van der Waals surface area contributed by atoms with Crippen LogP contribution in [0.15, 0.2) is 46.2 Å². The SMILES string of the molecule is O=C1c2ccc(SCl)cc2C(=O)c2cc(SCl)ccc21. The van der Waals surface area contributed by atoms with Crippen LogP contribution < -0.4 is 0 Å². The summed E-state index contributed by atoms with van der Waals surface area (Å²) in [6, 6.07) is 10.1. The molecule has 0 heterocycles. The number of halogens is 2. The van der Waals surface area contributed by atoms with Crippen LogP contribution in [-0.4, -0.2) is 11.6 Å². The van der Waals surface area contributed by atoms with Gasteiger partial charge in [-0.25, -0.2) is 0 Å². The molecule has 2 nitrogen and oxygen atoms in total. The minimum Gasteiger partial charge on any atom is -0.289 e. The number of carbonyl (C=O) groups excluding carboxylic acids is 2. The van der Waals surface area contributed by atoms with E-state index in [1.165, 1.54) is 0 Å². The van der Waals surface area contributed by atoms with Crippen molar-refractivity contribution >= 4 is 54.9 Å². The molecule has 100 valence electrons. The van der Waals surface area contributed by atoms with Gasteiger partial charge in [0.25, 0.3) is 0 Å². The predicted molar refractivity (Wildman–Crippen MR) is 83.2 cm³/mol. The number of carbonyl (C=O) groups is 2. The van der Waals surface area contributed by atoms with Crippen molar-refractivity contribution in [1.29, 1.82) is 0 Å². The molecule has 0 saturated heterocycles. The highest BCUT2D eigenvalue weighted by atomic mass is 35.7. The lowest BCUT2D eigenvalue weighted by atomic mass is 9.84. The first-order chi connectivity index (χ1) is 9.65. The Balaban J connectivity index is 2.22. The standard InChI is InChI=1S/C14H6Cl2O2S2/c15-19-7-1-3-9-11(5-7)14(18)12-6-8(20-16)2-4-10(12)13(9)17/h1-6H. The second kappa shape index (κ2) is 5.45. The van der Waals surface area contributed by atoms with Crippen molar-refractivity contribution in [1.82, 2.24) is 0 Å². The Bertz CT molecular complexity index is 684. The van der Waals surface area contributed by atoms with Gasteiger partial charge in [-0.1, -0.05) is 0 Å². The molecule has 3 rings (SSSR count). The van der Waals surface area contributed by atoms with Crippen LogP contribution in [0.4, 0.5) is 0 Å². The van der Waals surface area contributed by atoms with Crippen LogP contribution >= 0.6 is 43.3 Å². The van der Waals surface area contributed by atoms with Crippen molar-refractivity contribution in [2.24, 2.45) is 0 Å². The van der Waals surface area contributed by atoms with Gasteiger partial charge in [0.2, 0.25) is 0 Å². The third-order valence-electron chi connectivity index (χ3n) is 3.14. The first kappa shape index (κ1) is 14.0. The van der Waals surface area contributed by atoms with Crippen molar-refractivity contribution in [3.63, 3.8) is 0 Å². The van der Waals surface area contributed by atoms with Gasteiger partial charge in [-0.2, -0.15) is 0 Å². The van der Waals surface area contributed by atoms with Gasteiger partial charge in [-0.3, -0.25) is 9.59 Å². The molecule has 0 N–H and O–H groups in total. The quantitative estimate of drug-likeness (QED) is 0.660. The molecule has 0 spiro atoms. The maximum atomic E-state index is 12.5. The molecular weight excluding hydrogens is 335 g/mol. The van der Waals surface area contributed by atoms with Crippen molar-refractivity contribution in [3.8, 4) is 0 Å². The van der Waals surface area contributed by atoms with Crippen molar-refractivity contribution in [3.05, 3.63) is 58.7 Å². The molecule has 0 unspecified atom stereocenters. The van der Waals surface area contributed by atoms with Crippen LogP contribution in [0.5, 0.6) is 0 Å². The summed E-state index contributed by atoms with van der Waals surface area (Å²) in [5, 5.41) is 0. The number of benzene rings is 2. The van der Waals surface area contributed by atoms with Crippen LogP contribution in [0.2, 0.25) is 0 Å². The Hall–Kier alpha value is -0.940. The molecule has 20 heavy (non-hydrogen) atoms. The summed E-state index contributed by atoms with van der Waals surface area (Å²) >= 11 is 0. The minimum absolute atomic E-state index is 0.146. The van der Waals surface area contributed by atoms with Crippen LogP contribution in [0, 0.1) is 0 Å². The molecule has 0 atom stereocenters. The van der Waals surface area contributed by atoms with Crippen LogP contribution in [0.3, 0.4) is 0 Å². The molecule has 2 aromatic rings. The third kappa shape index (κ3) is 2.17. The van der Waals surface area contributed by atoms with Crippen LogP contribution in [0.1, 0.15) is 31.8 Å². The lowest BCUT2D eigenvalue weighted by Crippen LogP contribution is -2.20. The molecule has 0 aromatic heterocycles. The minimum atomic E-state index is -0.172. The van der Waals surface area contributed by atoms with Crippen LogP contribution in [0.25, 0.3) is 0 Å². The number of fused-ring (bicyclic) bond motifs is 2. The van der Waals surface area contributed by atoms with Gasteiger partial charge in [-0.05, 0) is 79.7 Å². The number of hydrogen-bond donors (Lipinski definition) is 0. The fraction of sp³-hybridized carbons (Fsp3) is 0. The van der Waals surface area contributed by atoms with E-state index in [4.69, 9.17) is 21.4 Å². The summed E-state index contributed by atoms with van der Waals surface area (Å²) in [5.41, 5.74) is 1.63. The van der Waals surface area contributed by atoms with Gasteiger partial charge >= 0.3 is 0 Å². The number of ketones is 2. The zero-order valence-electron chi connectivity index (χ0n) is 9.85. The molecule has 0 bridgehead atoms. The van der Waals surface area contributed by atoms with Gasteiger partial charge in [0.05, 0.1) is 0 Å². The largest absolute Gasteiger partial charge is 0.289 e. The maximum Gasteiger partial charge on any atom is 0.194 e. The second-order valence-electron chi connectivity index (χ2n) is 4.23. The molecule has 6 heteroatoms. The first-order valence-corrected chi connectivity index (χ1v) is 8.89. The molecule has 1 aliphatic rings. The van der Waals surface area contributed by atoms with E-state index in [0.717, 1.165) is 31.7 Å². The van der Waals surface area contributed by atoms with E-state index in [-0.39, 0.29) is 11.6 Å². The monoisotopic (exact) mass is 340 g/mol. The van der Waals surface area contributed by atoms with E-state index in [0.29, 0.717) is 22.3 Å². The predicted octanol–water partition coefficient (Wildman–Crippen LogP) is 4.95. The molecular formula is C14H6Cl2O2S2. The summed E-state index contributed by atoms with van der Waals surface area (Å²) in [6.45, 7) is 0. The first-order valence-electron chi connectivity index (χ1n) is 5.60. The van der Waals surface area contributed by atoms with Gasteiger partial charge in [0.1, 0.15) is 0 Å². The molecule has 1 aliphatic carbocycles. The van der Waals surface area contributed by atoms with Gasteiger partial charge in [-0.15, -0.1) is 0 Å². The average molecular weight is 341 g/mol. The Kier molecular flexibility index (Phi) is 3.82. The highest BCUT2D eigenvalue weighted by Crippen LogP contribution is 2.34. The Labute approximate surface area is 132 Å². The van der Waals surface area contributed by atoms with E-state index in [1.54, 1.807) is 36.4 Å². The van der Waals surface area contributed by atoms with E-state index >= 15 is 0 Å². The van der Waals surface area contributed by atoms with Crippen LogP contribution in [-0.2, 0) is 0 Å². The van der Waals surface area contributed by atoms with Gasteiger partial charge in [0, 0.05) is 32.0 Å². The lowest BCUT2D eigenvalue weighted by Gasteiger charge is -2.18. The number of hydrogen-bond acceptors (Lipinski definition) is 4. The topological polar surface area (TPSA) is 34.1 Å². The summed E-state index contributed by atoms with van der Waals surface area (Å²) in [6.07, 6.45) is 0. The zero-order chi connectivity index (χ0) is 14.3. The smallest absolute Gasteiger partial charge is 0.194 e. The molecule has 0 fully saturated rings. The fourth-order valence-electron chi connectivity index (χ4n) is 2.20. The van der Waals surface area contributed by atoms with E-state index in [9.17, 15) is 9.59 Å². The molecule has 2 aromatic carbocycles. The molecule has 0 aliphatic heterocycles. The molecule has 0 radical (unpaired) electrons. The third-order valence-corrected chi connectivity index (χ3v) is 5.07. The summed E-state index contributed by atoms with van der Waals surface area (Å²) in [7, 11) is 13.4. The lowest BCUT2D eigenvalue weighted by molar-refractivity contribution is 0.0978. The van der Waals surface area contributed by atoms with E-state index in [1.807, 2.05) is 0 Å².